The normalized spacial score (nSPS) is 14.4. The summed E-state index contributed by atoms with van der Waals surface area (Å²) in [6.45, 7) is 4.42. The molecule has 3 aromatic rings. The number of nitrogens with zero attached hydrogens (tertiary/aromatic N) is 6. The number of aromatic nitrogens is 4. The maximum absolute atomic E-state index is 13.0. The van der Waals surface area contributed by atoms with Gasteiger partial charge in [-0.2, -0.15) is 5.10 Å². The average Bonchev–Trinajstić information content (AvgIpc) is 3.15. The third-order valence-corrected chi connectivity index (χ3v) is 4.58. The fourth-order valence-electron chi connectivity index (χ4n) is 3.09. The molecule has 1 fully saturated rings. The molecule has 0 unspecified atom stereocenters. The van der Waals surface area contributed by atoms with E-state index in [0.717, 1.165) is 11.5 Å². The van der Waals surface area contributed by atoms with Gasteiger partial charge in [0.2, 0.25) is 0 Å². The van der Waals surface area contributed by atoms with Crippen LogP contribution in [0.2, 0.25) is 0 Å². The quantitative estimate of drug-likeness (QED) is 0.710. The van der Waals surface area contributed by atoms with E-state index in [9.17, 15) is 9.18 Å². The maximum atomic E-state index is 13.0. The molecule has 1 amide bonds. The Morgan fingerprint density at radius 3 is 2.37 bits per heavy atom. The lowest BCUT2D eigenvalue weighted by molar-refractivity contribution is 0.0746. The maximum Gasteiger partial charge on any atom is 0.253 e. The van der Waals surface area contributed by atoms with Crippen LogP contribution in [0.4, 0.5) is 10.2 Å². The molecule has 8 heteroatoms. The summed E-state index contributed by atoms with van der Waals surface area (Å²) in [4.78, 5) is 25.1. The van der Waals surface area contributed by atoms with Crippen LogP contribution < -0.4 is 4.90 Å². The van der Waals surface area contributed by atoms with Crippen molar-refractivity contribution < 1.29 is 9.18 Å². The van der Waals surface area contributed by atoms with Crippen LogP contribution in [0.3, 0.4) is 0 Å². The van der Waals surface area contributed by atoms with E-state index in [1.54, 1.807) is 9.58 Å². The van der Waals surface area contributed by atoms with Crippen molar-refractivity contribution in [1.29, 1.82) is 0 Å². The topological polar surface area (TPSA) is 67.2 Å². The summed E-state index contributed by atoms with van der Waals surface area (Å²) in [6.07, 6.45) is 3.39. The van der Waals surface area contributed by atoms with Gasteiger partial charge in [-0.25, -0.2) is 19.0 Å². The van der Waals surface area contributed by atoms with Crippen LogP contribution in [0, 0.1) is 12.7 Å². The Balaban J connectivity index is 1.43. The number of rotatable bonds is 3. The molecule has 0 aliphatic carbocycles. The molecule has 7 nitrogen and oxygen atoms in total. The standard InChI is InChI=1S/C19H19FN6O/c1-14-6-7-26(23-14)18-12-17(21-13-22-18)24-8-10-25(11-9-24)19(27)15-2-4-16(20)5-3-15/h2-7,12-13H,8-11H2,1H3. The molecule has 0 N–H and O–H groups in total. The monoisotopic (exact) mass is 366 g/mol. The highest BCUT2D eigenvalue weighted by molar-refractivity contribution is 5.94. The zero-order chi connectivity index (χ0) is 18.8. The van der Waals surface area contributed by atoms with Gasteiger partial charge in [0.15, 0.2) is 5.82 Å². The molecule has 0 atom stereocenters. The number of hydrogen-bond donors (Lipinski definition) is 0. The lowest BCUT2D eigenvalue weighted by Crippen LogP contribution is -2.49. The van der Waals surface area contributed by atoms with Gasteiger partial charge in [-0.05, 0) is 37.3 Å². The number of anilines is 1. The molecule has 1 aromatic carbocycles. The van der Waals surface area contributed by atoms with Crippen LogP contribution in [0.25, 0.3) is 5.82 Å². The molecule has 0 bridgehead atoms. The van der Waals surface area contributed by atoms with Crippen molar-refractivity contribution in [2.24, 2.45) is 0 Å². The third-order valence-electron chi connectivity index (χ3n) is 4.58. The van der Waals surface area contributed by atoms with Gasteiger partial charge in [0.25, 0.3) is 5.91 Å². The van der Waals surface area contributed by atoms with Gasteiger partial charge < -0.3 is 9.80 Å². The number of piperazine rings is 1. The van der Waals surface area contributed by atoms with Gasteiger partial charge >= 0.3 is 0 Å². The SMILES string of the molecule is Cc1ccn(-c2cc(N3CCN(C(=O)c4ccc(F)cc4)CC3)ncn2)n1. The highest BCUT2D eigenvalue weighted by Crippen LogP contribution is 2.17. The van der Waals surface area contributed by atoms with Crippen molar-refractivity contribution in [3.05, 3.63) is 66.0 Å². The molecule has 1 saturated heterocycles. The smallest absolute Gasteiger partial charge is 0.253 e. The Morgan fingerprint density at radius 1 is 1.00 bits per heavy atom. The molecule has 138 valence electrons. The first-order valence-corrected chi connectivity index (χ1v) is 8.74. The van der Waals surface area contributed by atoms with Crippen LogP contribution in [-0.2, 0) is 0 Å². The molecule has 4 rings (SSSR count). The van der Waals surface area contributed by atoms with Crippen molar-refractivity contribution in [3.8, 4) is 5.82 Å². The molecule has 0 spiro atoms. The number of halogens is 1. The zero-order valence-corrected chi connectivity index (χ0v) is 14.9. The van der Waals surface area contributed by atoms with Gasteiger partial charge in [-0.1, -0.05) is 0 Å². The first-order chi connectivity index (χ1) is 13.1. The van der Waals surface area contributed by atoms with Crippen LogP contribution in [0.1, 0.15) is 16.1 Å². The molecule has 1 aliphatic rings. The molecule has 0 saturated carbocycles. The molecular weight excluding hydrogens is 347 g/mol. The van der Waals surface area contributed by atoms with Crippen LogP contribution >= 0.6 is 0 Å². The number of carbonyl (C=O) groups is 1. The van der Waals surface area contributed by atoms with Crippen molar-refractivity contribution in [2.45, 2.75) is 6.92 Å². The summed E-state index contributed by atoms with van der Waals surface area (Å²) < 4.78 is 14.8. The second-order valence-corrected chi connectivity index (χ2v) is 6.42. The summed E-state index contributed by atoms with van der Waals surface area (Å²) in [5, 5.41) is 4.37. The second kappa shape index (κ2) is 7.14. The van der Waals surface area contributed by atoms with Gasteiger partial charge in [0, 0.05) is 44.0 Å². The van der Waals surface area contributed by atoms with Gasteiger partial charge in [-0.15, -0.1) is 0 Å². The van der Waals surface area contributed by atoms with E-state index in [4.69, 9.17) is 0 Å². The van der Waals surface area contributed by atoms with Crippen molar-refractivity contribution in [3.63, 3.8) is 0 Å². The van der Waals surface area contributed by atoms with Crippen molar-refractivity contribution in [2.75, 3.05) is 31.1 Å². The molecular formula is C19H19FN6O. The van der Waals surface area contributed by atoms with E-state index in [0.29, 0.717) is 37.6 Å². The number of hydrogen-bond acceptors (Lipinski definition) is 5. The lowest BCUT2D eigenvalue weighted by Gasteiger charge is -2.35. The highest BCUT2D eigenvalue weighted by atomic mass is 19.1. The zero-order valence-electron chi connectivity index (χ0n) is 14.9. The minimum Gasteiger partial charge on any atom is -0.353 e. The van der Waals surface area contributed by atoms with Crippen LogP contribution in [0.5, 0.6) is 0 Å². The lowest BCUT2D eigenvalue weighted by atomic mass is 10.2. The van der Waals surface area contributed by atoms with E-state index in [1.165, 1.54) is 30.6 Å². The molecule has 3 heterocycles. The number of aryl methyl sites for hydroxylation is 1. The van der Waals surface area contributed by atoms with E-state index in [2.05, 4.69) is 20.0 Å². The third kappa shape index (κ3) is 3.64. The predicted octanol–water partition coefficient (Wildman–Crippen LogP) is 2.07. The van der Waals surface area contributed by atoms with Crippen molar-refractivity contribution >= 4 is 11.7 Å². The van der Waals surface area contributed by atoms with Crippen LogP contribution in [0.15, 0.2) is 48.9 Å². The number of amides is 1. The Labute approximate surface area is 156 Å². The fourth-order valence-corrected chi connectivity index (χ4v) is 3.09. The molecule has 1 aliphatic heterocycles. The Kier molecular flexibility index (Phi) is 4.53. The van der Waals surface area contributed by atoms with Gasteiger partial charge in [0.05, 0.1) is 5.69 Å². The predicted molar refractivity (Wildman–Crippen MR) is 98.4 cm³/mol. The second-order valence-electron chi connectivity index (χ2n) is 6.42. The van der Waals surface area contributed by atoms with Gasteiger partial charge in [0.1, 0.15) is 18.0 Å². The summed E-state index contributed by atoms with van der Waals surface area (Å²) in [5.41, 5.74) is 1.42. The van der Waals surface area contributed by atoms with Crippen molar-refractivity contribution in [1.82, 2.24) is 24.6 Å². The van der Waals surface area contributed by atoms with Crippen LogP contribution in [-0.4, -0.2) is 56.7 Å². The summed E-state index contributed by atoms with van der Waals surface area (Å²) in [5.74, 6) is 1.09. The summed E-state index contributed by atoms with van der Waals surface area (Å²) >= 11 is 0. The Morgan fingerprint density at radius 2 is 1.70 bits per heavy atom. The van der Waals surface area contributed by atoms with Gasteiger partial charge in [-0.3, -0.25) is 4.79 Å². The molecule has 27 heavy (non-hydrogen) atoms. The van der Waals surface area contributed by atoms with E-state index in [1.807, 2.05) is 25.3 Å². The van der Waals surface area contributed by atoms with E-state index in [-0.39, 0.29) is 11.7 Å². The highest BCUT2D eigenvalue weighted by Gasteiger charge is 2.23. The minimum absolute atomic E-state index is 0.0787. The first kappa shape index (κ1) is 17.1. The molecule has 2 aromatic heterocycles. The largest absolute Gasteiger partial charge is 0.353 e. The summed E-state index contributed by atoms with van der Waals surface area (Å²) in [6, 6.07) is 9.47. The minimum atomic E-state index is -0.344. The Bertz CT molecular complexity index is 947. The number of carbonyl (C=O) groups excluding carboxylic acids is 1. The first-order valence-electron chi connectivity index (χ1n) is 8.74. The van der Waals surface area contributed by atoms with E-state index >= 15 is 0 Å². The summed E-state index contributed by atoms with van der Waals surface area (Å²) in [7, 11) is 0. The number of benzene rings is 1. The molecule has 0 radical (unpaired) electrons. The Hall–Kier alpha value is -3.29. The average molecular weight is 366 g/mol. The van der Waals surface area contributed by atoms with E-state index < -0.39 is 0 Å². The fraction of sp³-hybridized carbons (Fsp3) is 0.263.